The molecule has 0 aromatic heterocycles. The van der Waals surface area contributed by atoms with E-state index >= 15 is 0 Å². The first-order valence-corrected chi connectivity index (χ1v) is 10.3. The van der Waals surface area contributed by atoms with E-state index in [1.165, 1.54) is 0 Å². The fourth-order valence-corrected chi connectivity index (χ4v) is 4.29. The van der Waals surface area contributed by atoms with E-state index in [0.717, 1.165) is 5.56 Å². The molecule has 0 radical (unpaired) electrons. The van der Waals surface area contributed by atoms with Gasteiger partial charge in [0, 0.05) is 0 Å². The van der Waals surface area contributed by atoms with Crippen LogP contribution in [0.2, 0.25) is 0 Å². The van der Waals surface area contributed by atoms with E-state index in [0.29, 0.717) is 0 Å². The number of carbonyl (C=O) groups is 1. The Morgan fingerprint density at radius 3 is 2.50 bits per heavy atom. The number of aliphatic hydroxyl groups excluding tert-OH is 1. The van der Waals surface area contributed by atoms with Crippen molar-refractivity contribution in [2.24, 2.45) is 5.92 Å². The number of hydrogen-bond acceptors (Lipinski definition) is 8. The molecule has 0 spiro atoms. The molecular weight excluding hydrogens is 392 g/mol. The van der Waals surface area contributed by atoms with Crippen LogP contribution in [0.3, 0.4) is 0 Å². The quantitative estimate of drug-likeness (QED) is 0.694. The van der Waals surface area contributed by atoms with Gasteiger partial charge in [-0.15, -0.1) is 0 Å². The summed E-state index contributed by atoms with van der Waals surface area (Å²) in [5, 5.41) is 11.1. The molecule has 8 nitrogen and oxygen atoms in total. The van der Waals surface area contributed by atoms with Crippen LogP contribution in [-0.2, 0) is 39.8 Å². The Morgan fingerprint density at radius 2 is 1.83 bits per heavy atom. The molecule has 30 heavy (non-hydrogen) atoms. The van der Waals surface area contributed by atoms with Gasteiger partial charge in [0.2, 0.25) is 0 Å². The summed E-state index contributed by atoms with van der Waals surface area (Å²) >= 11 is 0. The zero-order chi connectivity index (χ0) is 21.5. The minimum atomic E-state index is -1.19. The summed E-state index contributed by atoms with van der Waals surface area (Å²) in [6.07, 6.45) is -3.39. The van der Waals surface area contributed by atoms with Crippen LogP contribution in [-0.4, -0.2) is 66.4 Å². The van der Waals surface area contributed by atoms with Gasteiger partial charge in [0.1, 0.15) is 36.9 Å². The number of rotatable bonds is 6. The molecule has 0 amide bonds. The zero-order valence-corrected chi connectivity index (χ0v) is 17.8. The lowest BCUT2D eigenvalue weighted by Gasteiger charge is -2.32. The van der Waals surface area contributed by atoms with Gasteiger partial charge < -0.3 is 33.5 Å². The number of aliphatic hydroxyl groups is 1. The van der Waals surface area contributed by atoms with Crippen LogP contribution in [0.1, 0.15) is 33.3 Å². The summed E-state index contributed by atoms with van der Waals surface area (Å²) < 4.78 is 34.7. The molecule has 0 unspecified atom stereocenters. The van der Waals surface area contributed by atoms with E-state index in [9.17, 15) is 9.90 Å². The second-order valence-corrected chi connectivity index (χ2v) is 8.91. The molecule has 3 aliphatic heterocycles. The molecular formula is C22H30O8. The molecule has 1 aromatic carbocycles. The topological polar surface area (TPSA) is 92.7 Å². The average Bonchev–Trinajstić information content (AvgIpc) is 3.33. The third-order valence-corrected chi connectivity index (χ3v) is 5.63. The van der Waals surface area contributed by atoms with Gasteiger partial charge in [-0.3, -0.25) is 4.79 Å². The highest BCUT2D eigenvalue weighted by Crippen LogP contribution is 2.40. The third-order valence-electron chi connectivity index (χ3n) is 5.63. The lowest BCUT2D eigenvalue weighted by molar-refractivity contribution is -0.200. The van der Waals surface area contributed by atoms with Crippen LogP contribution in [0.4, 0.5) is 0 Å². The normalized spacial score (nSPS) is 33.8. The zero-order valence-electron chi connectivity index (χ0n) is 17.8. The van der Waals surface area contributed by atoms with Gasteiger partial charge in [-0.2, -0.15) is 0 Å². The molecule has 3 saturated heterocycles. The van der Waals surface area contributed by atoms with E-state index in [4.69, 9.17) is 28.4 Å². The maximum atomic E-state index is 13.2. The maximum absolute atomic E-state index is 13.2. The van der Waals surface area contributed by atoms with Crippen LogP contribution in [0.15, 0.2) is 30.3 Å². The number of ether oxygens (including phenoxy) is 6. The Kier molecular flexibility index (Phi) is 5.91. The highest BCUT2D eigenvalue weighted by atomic mass is 16.8. The maximum Gasteiger partial charge on any atom is 0.314 e. The van der Waals surface area contributed by atoms with E-state index in [1.54, 1.807) is 13.8 Å². The molecule has 1 aromatic rings. The van der Waals surface area contributed by atoms with Crippen molar-refractivity contribution in [1.82, 2.24) is 0 Å². The van der Waals surface area contributed by atoms with Crippen molar-refractivity contribution in [2.75, 3.05) is 13.2 Å². The van der Waals surface area contributed by atoms with E-state index in [1.807, 2.05) is 44.2 Å². The van der Waals surface area contributed by atoms with Gasteiger partial charge >= 0.3 is 5.97 Å². The molecule has 4 rings (SSSR count). The first kappa shape index (κ1) is 21.7. The highest BCUT2D eigenvalue weighted by molar-refractivity contribution is 5.74. The van der Waals surface area contributed by atoms with Gasteiger partial charge in [-0.1, -0.05) is 30.3 Å². The minimum Gasteiger partial charge on any atom is -0.460 e. The second kappa shape index (κ2) is 8.18. The summed E-state index contributed by atoms with van der Waals surface area (Å²) in [5.41, 5.74) is 0.854. The van der Waals surface area contributed by atoms with E-state index in [2.05, 4.69) is 0 Å². The van der Waals surface area contributed by atoms with E-state index < -0.39 is 47.9 Å². The Labute approximate surface area is 176 Å². The largest absolute Gasteiger partial charge is 0.460 e. The average molecular weight is 422 g/mol. The summed E-state index contributed by atoms with van der Waals surface area (Å²) in [6.45, 7) is 7.71. The van der Waals surface area contributed by atoms with Crippen LogP contribution < -0.4 is 0 Å². The molecule has 3 heterocycles. The Morgan fingerprint density at radius 1 is 1.10 bits per heavy atom. The monoisotopic (exact) mass is 422 g/mol. The van der Waals surface area contributed by atoms with E-state index in [-0.39, 0.29) is 25.9 Å². The van der Waals surface area contributed by atoms with Gasteiger partial charge in [0.05, 0.1) is 19.3 Å². The molecule has 6 atom stereocenters. The van der Waals surface area contributed by atoms with Crippen molar-refractivity contribution >= 4 is 5.97 Å². The Bertz CT molecular complexity index is 749. The van der Waals surface area contributed by atoms with Gasteiger partial charge in [-0.05, 0) is 33.3 Å². The Hall–Kier alpha value is -1.55. The Balaban J connectivity index is 1.53. The molecule has 1 N–H and O–H groups in total. The van der Waals surface area contributed by atoms with Crippen molar-refractivity contribution in [3.05, 3.63) is 35.9 Å². The lowest BCUT2D eigenvalue weighted by Crippen LogP contribution is -2.50. The SMILES string of the molecule is CC1(C)OC[C@H]([C@@H](O)[C@@H](C(=O)OCc2ccccc2)[C@@H]2OC[C@H]3OC(C)(C)O[C@@H]23)O1. The molecule has 166 valence electrons. The number of hydrogen-bond donors (Lipinski definition) is 1. The molecule has 0 aliphatic carbocycles. The van der Waals surface area contributed by atoms with Crippen LogP contribution in [0, 0.1) is 5.92 Å². The predicted molar refractivity (Wildman–Crippen MR) is 104 cm³/mol. The molecule has 3 fully saturated rings. The number of benzene rings is 1. The first-order chi connectivity index (χ1) is 14.2. The lowest BCUT2D eigenvalue weighted by atomic mass is 9.89. The first-order valence-electron chi connectivity index (χ1n) is 10.3. The van der Waals surface area contributed by atoms with Crippen molar-refractivity contribution in [1.29, 1.82) is 0 Å². The minimum absolute atomic E-state index is 0.0973. The summed E-state index contributed by atoms with van der Waals surface area (Å²) in [5.74, 6) is -3.20. The number of esters is 1. The van der Waals surface area contributed by atoms with Gasteiger partial charge in [0.25, 0.3) is 0 Å². The van der Waals surface area contributed by atoms with Gasteiger partial charge in [-0.25, -0.2) is 0 Å². The van der Waals surface area contributed by atoms with Crippen molar-refractivity contribution in [3.63, 3.8) is 0 Å². The molecule has 8 heteroatoms. The summed E-state index contributed by atoms with van der Waals surface area (Å²) in [6, 6.07) is 9.37. The van der Waals surface area contributed by atoms with Crippen molar-refractivity contribution in [3.8, 4) is 0 Å². The smallest absolute Gasteiger partial charge is 0.314 e. The highest BCUT2D eigenvalue weighted by Gasteiger charge is 2.57. The van der Waals surface area contributed by atoms with Crippen LogP contribution >= 0.6 is 0 Å². The molecule has 0 bridgehead atoms. The second-order valence-electron chi connectivity index (χ2n) is 8.91. The summed E-state index contributed by atoms with van der Waals surface area (Å²) in [4.78, 5) is 13.2. The number of fused-ring (bicyclic) bond motifs is 1. The fraction of sp³-hybridized carbons (Fsp3) is 0.682. The van der Waals surface area contributed by atoms with Crippen molar-refractivity contribution < 1.29 is 38.3 Å². The third kappa shape index (κ3) is 4.54. The fourth-order valence-electron chi connectivity index (χ4n) is 4.29. The summed E-state index contributed by atoms with van der Waals surface area (Å²) in [7, 11) is 0. The van der Waals surface area contributed by atoms with Crippen molar-refractivity contribution in [2.45, 2.75) is 76.4 Å². The van der Waals surface area contributed by atoms with Crippen LogP contribution in [0.5, 0.6) is 0 Å². The van der Waals surface area contributed by atoms with Crippen LogP contribution in [0.25, 0.3) is 0 Å². The standard InChI is InChI=1S/C22H30O8/c1-21(2)27-12-14(28-21)17(23)16(20(24)26-10-13-8-6-5-7-9-13)19-18-15(11-25-19)29-22(3,4)30-18/h5-9,14-19,23H,10-12H2,1-4H3/t14-,15-,16-,17-,18-,19+/m1/s1. The van der Waals surface area contributed by atoms with Gasteiger partial charge in [0.15, 0.2) is 11.6 Å². The predicted octanol–water partition coefficient (Wildman–Crippen LogP) is 1.78. The number of carbonyl (C=O) groups excluding carboxylic acids is 1. The molecule has 3 aliphatic rings. The molecule has 0 saturated carbocycles.